The molecule has 0 radical (unpaired) electrons. The maximum Gasteiger partial charge on any atom is 0.234 e. The molecule has 1 aliphatic heterocycles. The van der Waals surface area contributed by atoms with Crippen molar-refractivity contribution in [1.82, 2.24) is 10.2 Å². The molecule has 1 rings (SSSR count). The number of nitro groups is 1. The summed E-state index contributed by atoms with van der Waals surface area (Å²) in [5.41, 5.74) is 0. The van der Waals surface area contributed by atoms with Crippen molar-refractivity contribution in [3.05, 3.63) is 10.1 Å². The van der Waals surface area contributed by atoms with Gasteiger partial charge >= 0.3 is 0 Å². The van der Waals surface area contributed by atoms with E-state index in [0.717, 1.165) is 32.7 Å². The van der Waals surface area contributed by atoms with Gasteiger partial charge in [0.1, 0.15) is 0 Å². The third kappa shape index (κ3) is 6.53. The summed E-state index contributed by atoms with van der Waals surface area (Å²) in [4.78, 5) is 12.7. The molecule has 8 heteroatoms. The highest BCUT2D eigenvalue weighted by molar-refractivity contribution is 8.13. The van der Waals surface area contributed by atoms with Crippen LogP contribution in [0.2, 0.25) is 0 Å². The summed E-state index contributed by atoms with van der Waals surface area (Å²) in [5, 5.41) is 16.3. The molecule has 0 aromatic rings. The van der Waals surface area contributed by atoms with E-state index in [4.69, 9.17) is 4.74 Å². The number of hydrazone groups is 1. The van der Waals surface area contributed by atoms with E-state index >= 15 is 0 Å². The molecule has 7 nitrogen and oxygen atoms in total. The summed E-state index contributed by atoms with van der Waals surface area (Å²) in [6.07, 6.45) is 3.25. The van der Waals surface area contributed by atoms with Crippen LogP contribution < -0.4 is 5.32 Å². The van der Waals surface area contributed by atoms with Crippen molar-refractivity contribution >= 4 is 16.9 Å². The molecule has 1 saturated heterocycles. The highest BCUT2D eigenvalue weighted by atomic mass is 32.2. The molecule has 20 heavy (non-hydrogen) atoms. The van der Waals surface area contributed by atoms with Gasteiger partial charge in [-0.05, 0) is 32.1 Å². The number of ether oxygens (including phenoxy) is 1. The predicted molar refractivity (Wildman–Crippen MR) is 81.6 cm³/mol. The molecule has 1 N–H and O–H groups in total. The van der Waals surface area contributed by atoms with Crippen molar-refractivity contribution in [2.75, 3.05) is 39.0 Å². The van der Waals surface area contributed by atoms with E-state index in [2.05, 4.69) is 29.2 Å². The van der Waals surface area contributed by atoms with Gasteiger partial charge in [0.15, 0.2) is 5.03 Å². The number of nitrogens with zero attached hydrogens (tertiary/aromatic N) is 3. The van der Waals surface area contributed by atoms with Crippen LogP contribution in [0.4, 0.5) is 0 Å². The monoisotopic (exact) mass is 304 g/mol. The molecular weight excluding hydrogens is 280 g/mol. The zero-order chi connectivity index (χ0) is 15.0. The number of hydrogen-bond donors (Lipinski definition) is 1. The molecule has 0 aliphatic carbocycles. The van der Waals surface area contributed by atoms with Gasteiger partial charge in [-0.15, -0.1) is 0 Å². The van der Waals surface area contributed by atoms with Gasteiger partial charge in [-0.3, -0.25) is 0 Å². The maximum absolute atomic E-state index is 10.3. The average Bonchev–Trinajstić information content (AvgIpc) is 2.81. The second-order valence-corrected chi connectivity index (χ2v) is 5.71. The smallest absolute Gasteiger partial charge is 0.234 e. The molecule has 2 unspecified atom stereocenters. The molecule has 0 bridgehead atoms. The second-order valence-electron chi connectivity index (χ2n) is 4.91. The fraction of sp³-hybridized carbons (Fsp3) is 0.917. The lowest BCUT2D eigenvalue weighted by Crippen LogP contribution is -2.37. The summed E-state index contributed by atoms with van der Waals surface area (Å²) < 4.78 is 5.57. The highest BCUT2D eigenvalue weighted by Crippen LogP contribution is 2.19. The molecule has 0 saturated carbocycles. The van der Waals surface area contributed by atoms with E-state index < -0.39 is 5.03 Å². The van der Waals surface area contributed by atoms with Crippen LogP contribution in [0.1, 0.15) is 20.3 Å². The van der Waals surface area contributed by atoms with Crippen molar-refractivity contribution in [3.63, 3.8) is 0 Å². The first-order chi connectivity index (χ1) is 9.55. The number of thioether (sulfide) groups is 1. The number of likely N-dealkylation sites (N-methyl/N-ethyl adjacent to an activating group) is 1. The Balaban J connectivity index is 2.28. The average molecular weight is 304 g/mol. The Morgan fingerprint density at radius 1 is 1.65 bits per heavy atom. The van der Waals surface area contributed by atoms with E-state index in [1.54, 1.807) is 6.26 Å². The largest absolute Gasteiger partial charge is 0.378 e. The molecule has 2 atom stereocenters. The van der Waals surface area contributed by atoms with E-state index in [-0.39, 0.29) is 0 Å². The van der Waals surface area contributed by atoms with Crippen molar-refractivity contribution in [3.8, 4) is 0 Å². The molecule has 0 aromatic carbocycles. The fourth-order valence-electron chi connectivity index (χ4n) is 2.32. The lowest BCUT2D eigenvalue weighted by molar-refractivity contribution is -0.484. The Hall–Kier alpha value is -0.860. The SMILES string of the molecule is CCN(CCNC(=N[N+](=O)[O-])SC)CC1COC(C)C1. The maximum atomic E-state index is 10.3. The van der Waals surface area contributed by atoms with Gasteiger partial charge in [0.25, 0.3) is 0 Å². The number of rotatable bonds is 7. The molecule has 1 aliphatic rings. The summed E-state index contributed by atoms with van der Waals surface area (Å²) in [7, 11) is 0. The minimum Gasteiger partial charge on any atom is -0.378 e. The summed E-state index contributed by atoms with van der Waals surface area (Å²) in [6, 6.07) is 0. The zero-order valence-corrected chi connectivity index (χ0v) is 13.2. The summed E-state index contributed by atoms with van der Waals surface area (Å²) >= 11 is 1.25. The molecule has 1 heterocycles. The number of hydrogen-bond acceptors (Lipinski definition) is 5. The molecule has 0 aromatic heterocycles. The van der Waals surface area contributed by atoms with Crippen LogP contribution in [-0.4, -0.2) is 60.2 Å². The number of amidine groups is 1. The minimum atomic E-state index is -0.673. The van der Waals surface area contributed by atoms with Gasteiger partial charge in [-0.2, -0.15) is 0 Å². The molecule has 0 spiro atoms. The topological polar surface area (TPSA) is 80.0 Å². The van der Waals surface area contributed by atoms with Gasteiger partial charge < -0.3 is 15.0 Å². The standard InChI is InChI=1S/C12H24N4O3S/c1-4-15(8-11-7-10(2)19-9-11)6-5-13-12(20-3)14-16(17)18/h10-11H,4-9H2,1-3H3,(H,13,14). The molecule has 116 valence electrons. The predicted octanol–water partition coefficient (Wildman–Crippen LogP) is 1.23. The fourth-order valence-corrected chi connectivity index (χ4v) is 2.71. The van der Waals surface area contributed by atoms with Gasteiger partial charge in [-0.25, -0.2) is 10.1 Å². The van der Waals surface area contributed by atoms with Gasteiger partial charge in [0.2, 0.25) is 5.17 Å². The highest BCUT2D eigenvalue weighted by Gasteiger charge is 2.23. The van der Waals surface area contributed by atoms with Gasteiger partial charge in [-0.1, -0.05) is 18.7 Å². The van der Waals surface area contributed by atoms with Crippen LogP contribution in [-0.2, 0) is 4.74 Å². The lowest BCUT2D eigenvalue weighted by atomic mass is 10.1. The Morgan fingerprint density at radius 3 is 2.90 bits per heavy atom. The minimum absolute atomic E-state index is 0.351. The third-order valence-electron chi connectivity index (χ3n) is 3.32. The van der Waals surface area contributed by atoms with Crippen LogP contribution in [0.5, 0.6) is 0 Å². The van der Waals surface area contributed by atoms with Crippen molar-refractivity contribution in [2.45, 2.75) is 26.4 Å². The van der Waals surface area contributed by atoms with Crippen LogP contribution in [0, 0.1) is 16.0 Å². The normalized spacial score (nSPS) is 23.3. The van der Waals surface area contributed by atoms with E-state index in [0.29, 0.717) is 23.7 Å². The molecule has 0 amide bonds. The van der Waals surface area contributed by atoms with Crippen LogP contribution in [0.3, 0.4) is 0 Å². The van der Waals surface area contributed by atoms with Crippen molar-refractivity contribution in [2.24, 2.45) is 11.0 Å². The lowest BCUT2D eigenvalue weighted by Gasteiger charge is -2.23. The second kappa shape index (κ2) is 9.15. The summed E-state index contributed by atoms with van der Waals surface area (Å²) in [6.45, 7) is 8.56. The quantitative estimate of drug-likeness (QED) is 0.330. The Labute approximate surface area is 124 Å². The van der Waals surface area contributed by atoms with Crippen molar-refractivity contribution in [1.29, 1.82) is 0 Å². The van der Waals surface area contributed by atoms with Gasteiger partial charge in [0.05, 0.1) is 17.8 Å². The molecule has 1 fully saturated rings. The van der Waals surface area contributed by atoms with E-state index in [9.17, 15) is 10.1 Å². The van der Waals surface area contributed by atoms with Crippen LogP contribution in [0.15, 0.2) is 5.10 Å². The molecular formula is C12H24N4O3S. The third-order valence-corrected chi connectivity index (χ3v) is 3.93. The van der Waals surface area contributed by atoms with Gasteiger partial charge in [0, 0.05) is 19.6 Å². The first-order valence-electron chi connectivity index (χ1n) is 6.90. The van der Waals surface area contributed by atoms with E-state index in [1.165, 1.54) is 11.8 Å². The van der Waals surface area contributed by atoms with Crippen LogP contribution in [0.25, 0.3) is 0 Å². The number of nitrogens with one attached hydrogen (secondary N) is 1. The van der Waals surface area contributed by atoms with Crippen molar-refractivity contribution < 1.29 is 9.77 Å². The Bertz CT molecular complexity index is 341. The van der Waals surface area contributed by atoms with E-state index in [1.807, 2.05) is 0 Å². The zero-order valence-electron chi connectivity index (χ0n) is 12.4. The van der Waals surface area contributed by atoms with Crippen LogP contribution >= 0.6 is 11.8 Å². The first-order valence-corrected chi connectivity index (χ1v) is 8.12. The first kappa shape index (κ1) is 17.2. The Morgan fingerprint density at radius 2 is 2.40 bits per heavy atom. The summed E-state index contributed by atoms with van der Waals surface area (Å²) in [5.74, 6) is 0.595. The Kier molecular flexibility index (Phi) is 7.86.